The van der Waals surface area contributed by atoms with Crippen LogP contribution in [-0.2, 0) is 0 Å². The Kier molecular flexibility index (Phi) is 2.95. The quantitative estimate of drug-likeness (QED) is 0.851. The predicted octanol–water partition coefficient (Wildman–Crippen LogP) is 2.75. The summed E-state index contributed by atoms with van der Waals surface area (Å²) < 4.78 is 0. The van der Waals surface area contributed by atoms with E-state index >= 15 is 0 Å². The SMILES string of the molecule is CC(C)Nc1ccc2c(C(=O)O)cccc2n1. The molecule has 0 saturated heterocycles. The molecular formula is C13H14N2O2. The highest BCUT2D eigenvalue weighted by Gasteiger charge is 2.09. The number of carboxylic acids is 1. The summed E-state index contributed by atoms with van der Waals surface area (Å²) in [6.45, 7) is 4.05. The number of aromatic carboxylic acids is 1. The van der Waals surface area contributed by atoms with E-state index in [9.17, 15) is 4.79 Å². The summed E-state index contributed by atoms with van der Waals surface area (Å²) in [5.41, 5.74) is 0.974. The first-order chi connectivity index (χ1) is 8.08. The molecule has 4 heteroatoms. The molecule has 17 heavy (non-hydrogen) atoms. The molecule has 0 aliphatic heterocycles. The Morgan fingerprint density at radius 1 is 1.29 bits per heavy atom. The van der Waals surface area contributed by atoms with Gasteiger partial charge in [0.15, 0.2) is 0 Å². The number of hydrogen-bond acceptors (Lipinski definition) is 3. The molecule has 0 saturated carbocycles. The van der Waals surface area contributed by atoms with Crippen LogP contribution in [0.25, 0.3) is 10.9 Å². The van der Waals surface area contributed by atoms with Crippen LogP contribution in [0.1, 0.15) is 24.2 Å². The maximum absolute atomic E-state index is 11.0. The molecule has 0 fully saturated rings. The highest BCUT2D eigenvalue weighted by atomic mass is 16.4. The maximum Gasteiger partial charge on any atom is 0.336 e. The molecule has 2 rings (SSSR count). The standard InChI is InChI=1S/C13H14N2O2/c1-8(2)14-12-7-6-9-10(13(16)17)4-3-5-11(9)15-12/h3-8H,1-2H3,(H,14,15)(H,16,17). The molecule has 1 aromatic carbocycles. The number of fused-ring (bicyclic) bond motifs is 1. The minimum Gasteiger partial charge on any atom is -0.478 e. The van der Waals surface area contributed by atoms with E-state index in [-0.39, 0.29) is 5.56 Å². The summed E-state index contributed by atoms with van der Waals surface area (Å²) in [7, 11) is 0. The van der Waals surface area contributed by atoms with Crippen molar-refractivity contribution in [3.63, 3.8) is 0 Å². The van der Waals surface area contributed by atoms with Gasteiger partial charge in [-0.3, -0.25) is 0 Å². The van der Waals surface area contributed by atoms with Crippen LogP contribution >= 0.6 is 0 Å². The molecule has 2 N–H and O–H groups in total. The first kappa shape index (κ1) is 11.4. The molecule has 0 bridgehead atoms. The molecule has 1 heterocycles. The van der Waals surface area contributed by atoms with Crippen molar-refractivity contribution in [3.05, 3.63) is 35.9 Å². The Hall–Kier alpha value is -2.10. The largest absolute Gasteiger partial charge is 0.478 e. The van der Waals surface area contributed by atoms with Gasteiger partial charge in [-0.25, -0.2) is 9.78 Å². The number of nitrogens with zero attached hydrogens (tertiary/aromatic N) is 1. The Bertz CT molecular complexity index is 564. The smallest absolute Gasteiger partial charge is 0.336 e. The van der Waals surface area contributed by atoms with E-state index in [1.807, 2.05) is 19.9 Å². The van der Waals surface area contributed by atoms with Gasteiger partial charge in [-0.1, -0.05) is 6.07 Å². The minimum atomic E-state index is -0.929. The molecular weight excluding hydrogens is 216 g/mol. The van der Waals surface area contributed by atoms with Gasteiger partial charge < -0.3 is 10.4 Å². The molecule has 4 nitrogen and oxygen atoms in total. The van der Waals surface area contributed by atoms with E-state index in [1.165, 1.54) is 0 Å². The van der Waals surface area contributed by atoms with E-state index in [4.69, 9.17) is 5.11 Å². The lowest BCUT2D eigenvalue weighted by Crippen LogP contribution is -2.11. The third kappa shape index (κ3) is 2.36. The van der Waals surface area contributed by atoms with E-state index < -0.39 is 5.97 Å². The number of pyridine rings is 1. The minimum absolute atomic E-state index is 0.283. The number of anilines is 1. The fourth-order valence-corrected chi connectivity index (χ4v) is 1.72. The van der Waals surface area contributed by atoms with E-state index in [0.717, 1.165) is 5.82 Å². The Balaban J connectivity index is 2.53. The normalized spacial score (nSPS) is 10.8. The van der Waals surface area contributed by atoms with Gasteiger partial charge in [0.2, 0.25) is 0 Å². The summed E-state index contributed by atoms with van der Waals surface area (Å²) in [6, 6.07) is 8.99. The number of carboxylic acid groups (broad SMARTS) is 1. The van der Waals surface area contributed by atoms with Crippen molar-refractivity contribution in [2.75, 3.05) is 5.32 Å². The van der Waals surface area contributed by atoms with Crippen molar-refractivity contribution in [2.45, 2.75) is 19.9 Å². The predicted molar refractivity (Wildman–Crippen MR) is 67.5 cm³/mol. The molecule has 0 unspecified atom stereocenters. The molecule has 2 aromatic rings. The Morgan fingerprint density at radius 3 is 2.71 bits per heavy atom. The monoisotopic (exact) mass is 230 g/mol. The van der Waals surface area contributed by atoms with Gasteiger partial charge in [0, 0.05) is 11.4 Å². The third-order valence-electron chi connectivity index (χ3n) is 2.40. The summed E-state index contributed by atoms with van der Waals surface area (Å²) in [5.74, 6) is -0.169. The summed E-state index contributed by atoms with van der Waals surface area (Å²) >= 11 is 0. The maximum atomic E-state index is 11.0. The molecule has 0 amide bonds. The van der Waals surface area contributed by atoms with Crippen molar-refractivity contribution in [2.24, 2.45) is 0 Å². The Labute approximate surface area is 99.3 Å². The van der Waals surface area contributed by atoms with Gasteiger partial charge in [0.1, 0.15) is 5.82 Å². The van der Waals surface area contributed by atoms with Crippen molar-refractivity contribution in [3.8, 4) is 0 Å². The molecule has 88 valence electrons. The molecule has 0 aliphatic rings. The van der Waals surface area contributed by atoms with Crippen molar-refractivity contribution in [1.82, 2.24) is 4.98 Å². The van der Waals surface area contributed by atoms with Crippen LogP contribution < -0.4 is 5.32 Å². The topological polar surface area (TPSA) is 62.2 Å². The summed E-state index contributed by atoms with van der Waals surface area (Å²) in [4.78, 5) is 15.4. The van der Waals surface area contributed by atoms with E-state index in [1.54, 1.807) is 24.3 Å². The number of benzene rings is 1. The molecule has 0 aliphatic carbocycles. The number of hydrogen-bond donors (Lipinski definition) is 2. The number of aromatic nitrogens is 1. The van der Waals surface area contributed by atoms with Gasteiger partial charge in [-0.2, -0.15) is 0 Å². The van der Waals surface area contributed by atoms with Crippen molar-refractivity contribution < 1.29 is 9.90 Å². The van der Waals surface area contributed by atoms with Crippen molar-refractivity contribution >= 4 is 22.7 Å². The number of nitrogens with one attached hydrogen (secondary N) is 1. The second kappa shape index (κ2) is 4.41. The van der Waals surface area contributed by atoms with E-state index in [2.05, 4.69) is 10.3 Å². The zero-order valence-corrected chi connectivity index (χ0v) is 9.77. The van der Waals surface area contributed by atoms with Crippen LogP contribution in [0.15, 0.2) is 30.3 Å². The average Bonchev–Trinajstić information content (AvgIpc) is 2.26. The van der Waals surface area contributed by atoms with Gasteiger partial charge in [0.05, 0.1) is 11.1 Å². The first-order valence-corrected chi connectivity index (χ1v) is 5.47. The van der Waals surface area contributed by atoms with Crippen LogP contribution in [0.5, 0.6) is 0 Å². The highest BCUT2D eigenvalue weighted by Crippen LogP contribution is 2.19. The van der Waals surface area contributed by atoms with Crippen LogP contribution in [0.4, 0.5) is 5.82 Å². The Morgan fingerprint density at radius 2 is 2.06 bits per heavy atom. The first-order valence-electron chi connectivity index (χ1n) is 5.47. The molecule has 0 radical (unpaired) electrons. The molecule has 0 atom stereocenters. The average molecular weight is 230 g/mol. The fourth-order valence-electron chi connectivity index (χ4n) is 1.72. The second-order valence-corrected chi connectivity index (χ2v) is 4.17. The lowest BCUT2D eigenvalue weighted by Gasteiger charge is -2.10. The fraction of sp³-hybridized carbons (Fsp3) is 0.231. The molecule has 1 aromatic heterocycles. The number of carbonyl (C=O) groups is 1. The lowest BCUT2D eigenvalue weighted by molar-refractivity contribution is 0.0699. The van der Waals surface area contributed by atoms with Gasteiger partial charge in [-0.05, 0) is 38.1 Å². The summed E-state index contributed by atoms with van der Waals surface area (Å²) in [6.07, 6.45) is 0. The second-order valence-electron chi connectivity index (χ2n) is 4.17. The van der Waals surface area contributed by atoms with Crippen LogP contribution in [0, 0.1) is 0 Å². The zero-order chi connectivity index (χ0) is 12.4. The van der Waals surface area contributed by atoms with Crippen LogP contribution in [-0.4, -0.2) is 22.1 Å². The van der Waals surface area contributed by atoms with E-state index in [0.29, 0.717) is 16.9 Å². The molecule has 0 spiro atoms. The van der Waals surface area contributed by atoms with Crippen LogP contribution in [0.3, 0.4) is 0 Å². The number of rotatable bonds is 3. The van der Waals surface area contributed by atoms with Gasteiger partial charge in [-0.15, -0.1) is 0 Å². The zero-order valence-electron chi connectivity index (χ0n) is 9.77. The lowest BCUT2D eigenvalue weighted by atomic mass is 10.1. The van der Waals surface area contributed by atoms with Gasteiger partial charge in [0.25, 0.3) is 0 Å². The van der Waals surface area contributed by atoms with Gasteiger partial charge >= 0.3 is 5.97 Å². The van der Waals surface area contributed by atoms with Crippen molar-refractivity contribution in [1.29, 1.82) is 0 Å². The van der Waals surface area contributed by atoms with Crippen LogP contribution in [0.2, 0.25) is 0 Å². The third-order valence-corrected chi connectivity index (χ3v) is 2.40. The highest BCUT2D eigenvalue weighted by molar-refractivity contribution is 6.02. The summed E-state index contributed by atoms with van der Waals surface area (Å²) in [5, 5.41) is 12.9.